The molecule has 1 fully saturated rings. The number of hydrogen-bond donors (Lipinski definition) is 1. The van der Waals surface area contributed by atoms with Crippen LogP contribution in [0.2, 0.25) is 0 Å². The Bertz CT molecular complexity index is 920. The van der Waals surface area contributed by atoms with Crippen molar-refractivity contribution in [2.75, 3.05) is 13.2 Å². The van der Waals surface area contributed by atoms with Gasteiger partial charge in [-0.1, -0.05) is 27.2 Å². The van der Waals surface area contributed by atoms with E-state index in [1.165, 1.54) is 0 Å². The first-order valence-corrected chi connectivity index (χ1v) is 10.4. The molecule has 1 aliphatic heterocycles. The number of amides is 1. The molecule has 1 aromatic carbocycles. The molecule has 0 radical (unpaired) electrons. The summed E-state index contributed by atoms with van der Waals surface area (Å²) in [5.41, 5.74) is 1.33. The van der Waals surface area contributed by atoms with Crippen LogP contribution in [0.1, 0.15) is 50.8 Å². The number of pyridine rings is 1. The predicted molar refractivity (Wildman–Crippen MR) is 115 cm³/mol. The molecule has 158 valence electrons. The minimum atomic E-state index is -0.662. The van der Waals surface area contributed by atoms with Gasteiger partial charge in [-0.15, -0.1) is 0 Å². The Labute approximate surface area is 177 Å². The Morgan fingerprint density at radius 3 is 2.40 bits per heavy atom. The molecule has 0 aliphatic carbocycles. The van der Waals surface area contributed by atoms with E-state index >= 15 is 0 Å². The maximum absolute atomic E-state index is 12.9. The van der Waals surface area contributed by atoms with Gasteiger partial charge in [-0.25, -0.2) is 0 Å². The van der Waals surface area contributed by atoms with E-state index in [2.05, 4.69) is 18.8 Å². The Kier molecular flexibility index (Phi) is 6.87. The molecule has 1 atom stereocenters. The summed E-state index contributed by atoms with van der Waals surface area (Å²) in [7, 11) is 0. The number of aromatic nitrogens is 1. The van der Waals surface area contributed by atoms with Crippen LogP contribution in [0, 0.1) is 5.92 Å². The molecule has 30 heavy (non-hydrogen) atoms. The fraction of sp³-hybridized carbons (Fsp3) is 0.375. The summed E-state index contributed by atoms with van der Waals surface area (Å²) in [5, 5.41) is 11.0. The Balaban J connectivity index is 2.00. The minimum absolute atomic E-state index is 0.109. The van der Waals surface area contributed by atoms with Crippen LogP contribution < -0.4 is 4.74 Å². The molecule has 1 N–H and O–H groups in total. The van der Waals surface area contributed by atoms with Gasteiger partial charge in [-0.2, -0.15) is 0 Å². The third-order valence-electron chi connectivity index (χ3n) is 5.03. The zero-order valence-electron chi connectivity index (χ0n) is 17.7. The normalized spacial score (nSPS) is 18.3. The summed E-state index contributed by atoms with van der Waals surface area (Å²) in [4.78, 5) is 31.2. The van der Waals surface area contributed by atoms with E-state index in [1.807, 2.05) is 6.92 Å². The minimum Gasteiger partial charge on any atom is -0.507 e. The summed E-state index contributed by atoms with van der Waals surface area (Å²) >= 11 is 0. The molecule has 0 saturated carbocycles. The number of carbonyl (C=O) groups excluding carboxylic acids is 2. The molecular weight excluding hydrogens is 380 g/mol. The number of aliphatic hydroxyl groups is 1. The summed E-state index contributed by atoms with van der Waals surface area (Å²) in [6.45, 7) is 7.21. The van der Waals surface area contributed by atoms with Crippen LogP contribution in [0.25, 0.3) is 5.76 Å². The molecule has 0 spiro atoms. The first kappa shape index (κ1) is 21.6. The lowest BCUT2D eigenvalue weighted by Gasteiger charge is -2.25. The van der Waals surface area contributed by atoms with Crippen molar-refractivity contribution >= 4 is 17.4 Å². The lowest BCUT2D eigenvalue weighted by atomic mass is 9.96. The van der Waals surface area contributed by atoms with E-state index in [0.717, 1.165) is 18.4 Å². The maximum atomic E-state index is 12.9. The Morgan fingerprint density at radius 2 is 1.80 bits per heavy atom. The number of ketones is 1. The highest BCUT2D eigenvalue weighted by molar-refractivity contribution is 6.46. The molecular formula is C24H28N2O4. The van der Waals surface area contributed by atoms with Crippen molar-refractivity contribution in [1.29, 1.82) is 0 Å². The van der Waals surface area contributed by atoms with Crippen molar-refractivity contribution in [2.45, 2.75) is 39.7 Å². The predicted octanol–water partition coefficient (Wildman–Crippen LogP) is 4.34. The molecule has 2 heterocycles. The highest BCUT2D eigenvalue weighted by Gasteiger charge is 2.45. The van der Waals surface area contributed by atoms with Gasteiger partial charge in [0.15, 0.2) is 0 Å². The fourth-order valence-electron chi connectivity index (χ4n) is 3.46. The van der Waals surface area contributed by atoms with Gasteiger partial charge in [-0.05, 0) is 54.3 Å². The zero-order chi connectivity index (χ0) is 21.7. The number of ether oxygens (including phenoxy) is 1. The molecule has 6 nitrogen and oxygen atoms in total. The van der Waals surface area contributed by atoms with Crippen molar-refractivity contribution in [3.05, 3.63) is 65.5 Å². The fourth-order valence-corrected chi connectivity index (χ4v) is 3.46. The van der Waals surface area contributed by atoms with Gasteiger partial charge in [0.2, 0.25) is 0 Å². The van der Waals surface area contributed by atoms with Crippen molar-refractivity contribution in [3.8, 4) is 5.75 Å². The average molecular weight is 408 g/mol. The van der Waals surface area contributed by atoms with Crippen LogP contribution in [0.3, 0.4) is 0 Å². The third-order valence-corrected chi connectivity index (χ3v) is 5.03. The molecule has 1 unspecified atom stereocenters. The van der Waals surface area contributed by atoms with E-state index in [-0.39, 0.29) is 11.3 Å². The molecule has 1 amide bonds. The largest absolute Gasteiger partial charge is 0.507 e. The van der Waals surface area contributed by atoms with Crippen LogP contribution in [0.4, 0.5) is 0 Å². The van der Waals surface area contributed by atoms with Gasteiger partial charge in [0.05, 0.1) is 18.2 Å². The SMILES string of the molecule is CCCCN1C(=O)C(=O)/C(=C(\O)c2ccc(OCC(C)C)cc2)C1c1ccncc1. The van der Waals surface area contributed by atoms with Gasteiger partial charge < -0.3 is 14.7 Å². The van der Waals surface area contributed by atoms with Gasteiger partial charge in [0.1, 0.15) is 11.5 Å². The van der Waals surface area contributed by atoms with Crippen LogP contribution in [-0.2, 0) is 9.59 Å². The van der Waals surface area contributed by atoms with E-state index < -0.39 is 17.7 Å². The van der Waals surface area contributed by atoms with E-state index in [1.54, 1.807) is 53.7 Å². The monoisotopic (exact) mass is 408 g/mol. The van der Waals surface area contributed by atoms with Crippen molar-refractivity contribution in [1.82, 2.24) is 9.88 Å². The second-order valence-electron chi connectivity index (χ2n) is 7.86. The quantitative estimate of drug-likeness (QED) is 0.399. The number of nitrogens with zero attached hydrogens (tertiary/aromatic N) is 2. The third kappa shape index (κ3) is 4.53. The number of unbranched alkanes of at least 4 members (excludes halogenated alkanes) is 1. The number of Topliss-reactive ketones (excluding diaryl/α,β-unsaturated/α-hetero) is 1. The Hall–Kier alpha value is -3.15. The number of likely N-dealkylation sites (tertiary alicyclic amines) is 1. The molecule has 1 saturated heterocycles. The van der Waals surface area contributed by atoms with Crippen molar-refractivity contribution in [3.63, 3.8) is 0 Å². The van der Waals surface area contributed by atoms with Gasteiger partial charge >= 0.3 is 0 Å². The molecule has 0 bridgehead atoms. The number of benzene rings is 1. The van der Waals surface area contributed by atoms with E-state index in [0.29, 0.717) is 30.4 Å². The summed E-state index contributed by atoms with van der Waals surface area (Å²) in [6, 6.07) is 9.83. The first-order chi connectivity index (χ1) is 14.4. The smallest absolute Gasteiger partial charge is 0.295 e. The summed E-state index contributed by atoms with van der Waals surface area (Å²) < 4.78 is 5.68. The standard InChI is InChI=1S/C24H28N2O4/c1-4-5-14-26-21(17-10-12-25-13-11-17)20(23(28)24(26)29)22(27)18-6-8-19(9-7-18)30-15-16(2)3/h6-13,16,21,27H,4-5,14-15H2,1-3H3/b22-20-. The topological polar surface area (TPSA) is 79.7 Å². The van der Waals surface area contributed by atoms with Gasteiger partial charge in [-0.3, -0.25) is 14.6 Å². The highest BCUT2D eigenvalue weighted by atomic mass is 16.5. The molecule has 6 heteroatoms. The molecule has 3 rings (SSSR count). The second kappa shape index (κ2) is 9.57. The summed E-state index contributed by atoms with van der Waals surface area (Å²) in [5.74, 6) is -0.328. The molecule has 1 aromatic heterocycles. The van der Waals surface area contributed by atoms with Crippen LogP contribution >= 0.6 is 0 Å². The molecule has 1 aliphatic rings. The maximum Gasteiger partial charge on any atom is 0.295 e. The lowest BCUT2D eigenvalue weighted by Crippen LogP contribution is -2.30. The first-order valence-electron chi connectivity index (χ1n) is 10.4. The van der Waals surface area contributed by atoms with Gasteiger partial charge in [0.25, 0.3) is 11.7 Å². The summed E-state index contributed by atoms with van der Waals surface area (Å²) in [6.07, 6.45) is 4.91. The van der Waals surface area contributed by atoms with Crippen molar-refractivity contribution < 1.29 is 19.4 Å². The number of carbonyl (C=O) groups is 2. The van der Waals surface area contributed by atoms with Crippen LogP contribution in [-0.4, -0.2) is 39.8 Å². The number of rotatable bonds is 8. The zero-order valence-corrected chi connectivity index (χ0v) is 17.7. The molecule has 2 aromatic rings. The van der Waals surface area contributed by atoms with Crippen LogP contribution in [0.15, 0.2) is 54.4 Å². The second-order valence-corrected chi connectivity index (χ2v) is 7.86. The highest BCUT2D eigenvalue weighted by Crippen LogP contribution is 2.39. The van der Waals surface area contributed by atoms with E-state index in [9.17, 15) is 14.7 Å². The van der Waals surface area contributed by atoms with E-state index in [4.69, 9.17) is 4.74 Å². The van der Waals surface area contributed by atoms with Gasteiger partial charge in [0, 0.05) is 24.5 Å². The number of aliphatic hydroxyl groups excluding tert-OH is 1. The number of hydrogen-bond acceptors (Lipinski definition) is 5. The van der Waals surface area contributed by atoms with Crippen LogP contribution in [0.5, 0.6) is 5.75 Å². The average Bonchev–Trinajstić information content (AvgIpc) is 3.01. The van der Waals surface area contributed by atoms with Crippen molar-refractivity contribution in [2.24, 2.45) is 5.92 Å². The Morgan fingerprint density at radius 1 is 1.13 bits per heavy atom. The lowest BCUT2D eigenvalue weighted by molar-refractivity contribution is -0.139.